The van der Waals surface area contributed by atoms with Crippen molar-refractivity contribution in [1.29, 1.82) is 0 Å². The van der Waals surface area contributed by atoms with E-state index in [1.807, 2.05) is 0 Å². The summed E-state index contributed by atoms with van der Waals surface area (Å²) in [6.07, 6.45) is 4.24. The summed E-state index contributed by atoms with van der Waals surface area (Å²) < 4.78 is 0. The molecule has 0 radical (unpaired) electrons. The average molecular weight is 324 g/mol. The van der Waals surface area contributed by atoms with Gasteiger partial charge in [-0.1, -0.05) is 29.8 Å². The molecule has 1 amide bonds. The summed E-state index contributed by atoms with van der Waals surface area (Å²) in [6.45, 7) is 7.07. The molecular weight excluding hydrogens is 296 g/mol. The molecule has 0 aromatic heterocycles. The van der Waals surface area contributed by atoms with Gasteiger partial charge in [0, 0.05) is 38.6 Å². The highest BCUT2D eigenvalue weighted by atomic mass is 16.2. The molecular formula is C21H28N2O. The monoisotopic (exact) mass is 324 g/mol. The van der Waals surface area contributed by atoms with Gasteiger partial charge in [0.1, 0.15) is 0 Å². The lowest BCUT2D eigenvalue weighted by Gasteiger charge is -2.35. The van der Waals surface area contributed by atoms with E-state index in [1.165, 1.54) is 30.4 Å². The maximum Gasteiger partial charge on any atom is 0.226 e. The number of carbonyl (C=O) groups excluding carboxylic acids is 1. The number of nitrogens with zero attached hydrogens (tertiary/aromatic N) is 2. The van der Waals surface area contributed by atoms with E-state index in [0.29, 0.717) is 11.8 Å². The van der Waals surface area contributed by atoms with Gasteiger partial charge in [-0.05, 0) is 55.4 Å². The minimum absolute atomic E-state index is 0.416. The van der Waals surface area contributed by atoms with Gasteiger partial charge in [0.2, 0.25) is 5.91 Å². The van der Waals surface area contributed by atoms with Gasteiger partial charge in [-0.2, -0.15) is 0 Å². The minimum atomic E-state index is 0.416. The third-order valence-corrected chi connectivity index (χ3v) is 7.19. The predicted molar refractivity (Wildman–Crippen MR) is 94.3 cm³/mol. The van der Waals surface area contributed by atoms with Crippen molar-refractivity contribution in [3.63, 3.8) is 0 Å². The first-order valence-corrected chi connectivity index (χ1v) is 9.77. The van der Waals surface area contributed by atoms with Crippen LogP contribution in [0.15, 0.2) is 24.3 Å². The lowest BCUT2D eigenvalue weighted by molar-refractivity contribution is -0.135. The summed E-state index contributed by atoms with van der Waals surface area (Å²) in [5.74, 6) is 4.27. The van der Waals surface area contributed by atoms with Crippen molar-refractivity contribution in [2.24, 2.45) is 29.6 Å². The predicted octanol–water partition coefficient (Wildman–Crippen LogP) is 2.93. The number of benzene rings is 1. The number of aryl methyl sites for hydroxylation is 1. The third-order valence-electron chi connectivity index (χ3n) is 7.19. The number of piperazine rings is 1. The molecule has 4 fully saturated rings. The minimum Gasteiger partial charge on any atom is -0.340 e. The van der Waals surface area contributed by atoms with Crippen LogP contribution in [0.3, 0.4) is 0 Å². The van der Waals surface area contributed by atoms with Crippen LogP contribution in [0.2, 0.25) is 0 Å². The van der Waals surface area contributed by atoms with Gasteiger partial charge in [-0.25, -0.2) is 0 Å². The molecule has 1 saturated heterocycles. The second-order valence-electron chi connectivity index (χ2n) is 8.60. The topological polar surface area (TPSA) is 23.6 Å². The number of hydrogen-bond donors (Lipinski definition) is 0. The highest BCUT2D eigenvalue weighted by molar-refractivity contribution is 5.83. The Bertz CT molecular complexity index is 633. The van der Waals surface area contributed by atoms with Crippen molar-refractivity contribution in [3.05, 3.63) is 35.4 Å². The quantitative estimate of drug-likeness (QED) is 0.853. The Balaban J connectivity index is 1.15. The van der Waals surface area contributed by atoms with Crippen LogP contribution in [-0.4, -0.2) is 41.9 Å². The van der Waals surface area contributed by atoms with Gasteiger partial charge in [-0.15, -0.1) is 0 Å². The number of carbonyl (C=O) groups is 1. The fraction of sp³-hybridized carbons (Fsp3) is 0.667. The van der Waals surface area contributed by atoms with E-state index in [1.54, 1.807) is 0 Å². The second-order valence-corrected chi connectivity index (χ2v) is 8.60. The van der Waals surface area contributed by atoms with Crippen LogP contribution >= 0.6 is 0 Å². The van der Waals surface area contributed by atoms with E-state index < -0.39 is 0 Å². The molecule has 1 aromatic carbocycles. The molecule has 5 atom stereocenters. The Hall–Kier alpha value is -1.35. The van der Waals surface area contributed by atoms with Crippen LogP contribution in [0, 0.1) is 36.5 Å². The molecule has 3 saturated carbocycles. The molecule has 1 aromatic rings. The van der Waals surface area contributed by atoms with E-state index in [-0.39, 0.29) is 0 Å². The molecule has 128 valence electrons. The highest BCUT2D eigenvalue weighted by Crippen LogP contribution is 2.69. The molecule has 3 nitrogen and oxygen atoms in total. The van der Waals surface area contributed by atoms with Crippen LogP contribution < -0.4 is 0 Å². The lowest BCUT2D eigenvalue weighted by atomic mass is 10.0. The lowest BCUT2D eigenvalue weighted by Crippen LogP contribution is -2.49. The van der Waals surface area contributed by atoms with E-state index in [4.69, 9.17) is 0 Å². The first-order chi connectivity index (χ1) is 11.7. The average Bonchev–Trinajstić information content (AvgIpc) is 3.02. The van der Waals surface area contributed by atoms with Gasteiger partial charge < -0.3 is 4.90 Å². The van der Waals surface area contributed by atoms with E-state index in [9.17, 15) is 4.79 Å². The first kappa shape index (κ1) is 14.9. The number of amides is 1. The molecule has 2 bridgehead atoms. The third kappa shape index (κ3) is 2.40. The smallest absolute Gasteiger partial charge is 0.226 e. The van der Waals surface area contributed by atoms with E-state index in [2.05, 4.69) is 41.0 Å². The Morgan fingerprint density at radius 1 is 1.08 bits per heavy atom. The molecule has 0 spiro atoms. The molecule has 3 heteroatoms. The molecule has 0 N–H and O–H groups in total. The Morgan fingerprint density at radius 2 is 1.79 bits per heavy atom. The van der Waals surface area contributed by atoms with Gasteiger partial charge >= 0.3 is 0 Å². The van der Waals surface area contributed by atoms with Crippen molar-refractivity contribution in [1.82, 2.24) is 9.80 Å². The normalized spacial score (nSPS) is 37.5. The molecule has 1 heterocycles. The first-order valence-electron chi connectivity index (χ1n) is 9.77. The fourth-order valence-electron chi connectivity index (χ4n) is 6.06. The van der Waals surface area contributed by atoms with Crippen molar-refractivity contribution < 1.29 is 4.79 Å². The SMILES string of the molecule is Cc1cccc(CN2CCN(C(=O)C3[C@@H]4[C@H]5CC[C@H](C5)[C@H]34)CC2)c1. The van der Waals surface area contributed by atoms with Crippen molar-refractivity contribution in [2.45, 2.75) is 32.7 Å². The highest BCUT2D eigenvalue weighted by Gasteiger charge is 2.67. The van der Waals surface area contributed by atoms with Crippen molar-refractivity contribution in [3.8, 4) is 0 Å². The molecule has 4 aliphatic rings. The fourth-order valence-corrected chi connectivity index (χ4v) is 6.06. The zero-order valence-electron chi connectivity index (χ0n) is 14.7. The van der Waals surface area contributed by atoms with Gasteiger partial charge in [0.25, 0.3) is 0 Å². The number of rotatable bonds is 3. The maximum atomic E-state index is 12.9. The van der Waals surface area contributed by atoms with Crippen molar-refractivity contribution in [2.75, 3.05) is 26.2 Å². The Morgan fingerprint density at radius 3 is 2.46 bits per heavy atom. The Labute approximate surface area is 145 Å². The van der Waals surface area contributed by atoms with Gasteiger partial charge in [-0.3, -0.25) is 9.69 Å². The second kappa shape index (κ2) is 5.59. The largest absolute Gasteiger partial charge is 0.340 e. The van der Waals surface area contributed by atoms with Crippen LogP contribution in [0.1, 0.15) is 30.4 Å². The molecule has 24 heavy (non-hydrogen) atoms. The standard InChI is InChI=1S/C21H28N2O/c1-14-3-2-4-15(11-14)13-22-7-9-23(10-8-22)21(24)20-18-16-5-6-17(12-16)19(18)20/h2-4,11,16-20H,5-10,12-13H2,1H3/t16-,17+,18+,19-,20?. The summed E-state index contributed by atoms with van der Waals surface area (Å²) in [7, 11) is 0. The van der Waals surface area contributed by atoms with E-state index >= 15 is 0 Å². The summed E-state index contributed by atoms with van der Waals surface area (Å²) in [5, 5.41) is 0. The molecule has 3 aliphatic carbocycles. The van der Waals surface area contributed by atoms with Crippen molar-refractivity contribution >= 4 is 5.91 Å². The van der Waals surface area contributed by atoms with Crippen LogP contribution in [0.25, 0.3) is 0 Å². The van der Waals surface area contributed by atoms with Gasteiger partial charge in [0.05, 0.1) is 0 Å². The van der Waals surface area contributed by atoms with Crippen LogP contribution in [-0.2, 0) is 11.3 Å². The van der Waals surface area contributed by atoms with Gasteiger partial charge in [0.15, 0.2) is 0 Å². The summed E-state index contributed by atoms with van der Waals surface area (Å²) >= 11 is 0. The zero-order valence-corrected chi connectivity index (χ0v) is 14.7. The van der Waals surface area contributed by atoms with Crippen LogP contribution in [0.4, 0.5) is 0 Å². The van der Waals surface area contributed by atoms with Crippen LogP contribution in [0.5, 0.6) is 0 Å². The summed E-state index contributed by atoms with van der Waals surface area (Å²) in [6, 6.07) is 8.79. The molecule has 5 rings (SSSR count). The maximum absolute atomic E-state index is 12.9. The Kier molecular flexibility index (Phi) is 3.48. The molecule has 1 unspecified atom stereocenters. The summed E-state index contributed by atoms with van der Waals surface area (Å²) in [5.41, 5.74) is 2.72. The summed E-state index contributed by atoms with van der Waals surface area (Å²) in [4.78, 5) is 17.6. The number of hydrogen-bond acceptors (Lipinski definition) is 2. The molecule has 1 aliphatic heterocycles. The van der Waals surface area contributed by atoms with E-state index in [0.717, 1.165) is 56.4 Å². The number of fused-ring (bicyclic) bond motifs is 5. The zero-order chi connectivity index (χ0) is 16.3.